The van der Waals surface area contributed by atoms with Gasteiger partial charge in [0, 0.05) is 12.6 Å². The molecule has 2 aromatic rings. The fraction of sp³-hybridized carbons (Fsp3) is 0.381. The number of fused-ring (bicyclic) bond motifs is 1. The Morgan fingerprint density at radius 3 is 2.85 bits per heavy atom. The van der Waals surface area contributed by atoms with Crippen molar-refractivity contribution in [2.75, 3.05) is 13.1 Å². The number of benzene rings is 2. The zero-order valence-corrected chi connectivity index (χ0v) is 14.6. The third kappa shape index (κ3) is 3.07. The van der Waals surface area contributed by atoms with Crippen LogP contribution < -0.4 is 10.5 Å². The van der Waals surface area contributed by atoms with E-state index in [9.17, 15) is 9.65 Å². The molecule has 1 saturated heterocycles. The van der Waals surface area contributed by atoms with Crippen molar-refractivity contribution in [3.05, 3.63) is 65.0 Å². The summed E-state index contributed by atoms with van der Waals surface area (Å²) in [6, 6.07) is 15.0. The van der Waals surface area contributed by atoms with Crippen LogP contribution in [-0.4, -0.2) is 30.1 Å². The second kappa shape index (κ2) is 7.06. The van der Waals surface area contributed by atoms with Crippen LogP contribution in [0.4, 0.5) is 4.39 Å². The first kappa shape index (κ1) is 17.0. The molecule has 4 nitrogen and oxygen atoms in total. The molecular weight excluding hydrogens is 329 g/mol. The molecule has 0 spiro atoms. The van der Waals surface area contributed by atoms with Gasteiger partial charge in [-0.2, -0.15) is 5.26 Å². The summed E-state index contributed by atoms with van der Waals surface area (Å²) in [5.74, 6) is -0.242. The number of nitrogens with zero attached hydrogens (tertiary/aromatic N) is 2. The molecule has 2 N–H and O–H groups in total. The Balaban J connectivity index is 1.68. The maximum Gasteiger partial charge on any atom is 0.144 e. The molecule has 4 rings (SSSR count). The van der Waals surface area contributed by atoms with E-state index >= 15 is 0 Å². The standard InChI is InChI=1S/C21H22FN3O/c22-18-8-3-9-20(17(18)12-23)26-21-16-7-2-1-5-14(16)11-19(21)25-10-4-6-15(24)13-25/h1-3,5,7-9,15,19,21H,4,6,10-11,13,24H2/t15-,19+,21+/m0/s1. The predicted octanol–water partition coefficient (Wildman–Crippen LogP) is 3.17. The summed E-state index contributed by atoms with van der Waals surface area (Å²) in [4.78, 5) is 2.39. The van der Waals surface area contributed by atoms with Crippen LogP contribution in [-0.2, 0) is 6.42 Å². The van der Waals surface area contributed by atoms with Crippen molar-refractivity contribution in [2.24, 2.45) is 5.73 Å². The normalized spacial score (nSPS) is 25.5. The molecule has 0 aromatic heterocycles. The SMILES string of the molecule is N#Cc1c(F)cccc1O[C@@H]1c2ccccc2C[C@H]1N1CCC[C@H](N)C1. The van der Waals surface area contributed by atoms with Gasteiger partial charge in [-0.1, -0.05) is 30.3 Å². The largest absolute Gasteiger partial charge is 0.483 e. The molecule has 0 amide bonds. The van der Waals surface area contributed by atoms with Crippen LogP contribution in [0.2, 0.25) is 0 Å². The van der Waals surface area contributed by atoms with Gasteiger partial charge in [-0.05, 0) is 49.1 Å². The van der Waals surface area contributed by atoms with Crippen LogP contribution in [0, 0.1) is 17.1 Å². The van der Waals surface area contributed by atoms with Gasteiger partial charge in [-0.25, -0.2) is 4.39 Å². The van der Waals surface area contributed by atoms with E-state index in [1.54, 1.807) is 12.1 Å². The van der Waals surface area contributed by atoms with Gasteiger partial charge < -0.3 is 10.5 Å². The van der Waals surface area contributed by atoms with Crippen molar-refractivity contribution < 1.29 is 9.13 Å². The number of halogens is 1. The van der Waals surface area contributed by atoms with Gasteiger partial charge in [-0.3, -0.25) is 4.90 Å². The minimum atomic E-state index is -0.548. The summed E-state index contributed by atoms with van der Waals surface area (Å²) in [6.45, 7) is 1.83. The maximum absolute atomic E-state index is 14.0. The van der Waals surface area contributed by atoms with Crippen LogP contribution in [0.5, 0.6) is 5.75 Å². The highest BCUT2D eigenvalue weighted by atomic mass is 19.1. The smallest absolute Gasteiger partial charge is 0.144 e. The molecule has 0 unspecified atom stereocenters. The molecule has 2 aliphatic rings. The monoisotopic (exact) mass is 351 g/mol. The number of nitriles is 1. The lowest BCUT2D eigenvalue weighted by atomic mass is 10.0. The van der Waals surface area contributed by atoms with Crippen molar-refractivity contribution >= 4 is 0 Å². The minimum absolute atomic E-state index is 0.0361. The Morgan fingerprint density at radius 1 is 1.19 bits per heavy atom. The Hall–Kier alpha value is -2.42. The summed E-state index contributed by atoms with van der Waals surface area (Å²) < 4.78 is 20.3. The number of nitrogens with two attached hydrogens (primary N) is 1. The van der Waals surface area contributed by atoms with Crippen molar-refractivity contribution in [2.45, 2.75) is 37.5 Å². The summed E-state index contributed by atoms with van der Waals surface area (Å²) in [5, 5.41) is 9.32. The molecule has 26 heavy (non-hydrogen) atoms. The van der Waals surface area contributed by atoms with E-state index in [4.69, 9.17) is 10.5 Å². The van der Waals surface area contributed by atoms with Gasteiger partial charge in [0.2, 0.25) is 0 Å². The van der Waals surface area contributed by atoms with Gasteiger partial charge >= 0.3 is 0 Å². The molecule has 0 radical (unpaired) electrons. The molecule has 0 saturated carbocycles. The summed E-state index contributed by atoms with van der Waals surface area (Å²) >= 11 is 0. The Bertz CT molecular complexity index is 847. The van der Waals surface area contributed by atoms with Crippen molar-refractivity contribution in [1.29, 1.82) is 5.26 Å². The molecule has 1 aliphatic heterocycles. The van der Waals surface area contributed by atoms with Crippen LogP contribution in [0.15, 0.2) is 42.5 Å². The van der Waals surface area contributed by atoms with E-state index in [-0.39, 0.29) is 23.8 Å². The van der Waals surface area contributed by atoms with E-state index in [1.807, 2.05) is 18.2 Å². The lowest BCUT2D eigenvalue weighted by molar-refractivity contribution is 0.0590. The summed E-state index contributed by atoms with van der Waals surface area (Å²) in [7, 11) is 0. The number of hydrogen-bond acceptors (Lipinski definition) is 4. The Kier molecular flexibility index (Phi) is 4.62. The molecular formula is C21H22FN3O. The molecule has 1 fully saturated rings. The van der Waals surface area contributed by atoms with Gasteiger partial charge in [0.15, 0.2) is 0 Å². The van der Waals surface area contributed by atoms with Crippen LogP contribution in [0.25, 0.3) is 0 Å². The molecule has 3 atom stereocenters. The van der Waals surface area contributed by atoms with E-state index in [1.165, 1.54) is 11.6 Å². The molecule has 1 heterocycles. The maximum atomic E-state index is 14.0. The number of hydrogen-bond donors (Lipinski definition) is 1. The quantitative estimate of drug-likeness (QED) is 0.923. The van der Waals surface area contributed by atoms with Gasteiger partial charge in [0.1, 0.15) is 29.3 Å². The van der Waals surface area contributed by atoms with E-state index in [0.29, 0.717) is 5.75 Å². The molecule has 134 valence electrons. The Labute approximate surface area is 153 Å². The first-order valence-electron chi connectivity index (χ1n) is 9.10. The number of likely N-dealkylation sites (tertiary alicyclic amines) is 1. The van der Waals surface area contributed by atoms with Gasteiger partial charge in [0.25, 0.3) is 0 Å². The molecule has 2 aromatic carbocycles. The Morgan fingerprint density at radius 2 is 2.04 bits per heavy atom. The van der Waals surface area contributed by atoms with E-state index < -0.39 is 5.82 Å². The fourth-order valence-corrected chi connectivity index (χ4v) is 4.19. The predicted molar refractivity (Wildman–Crippen MR) is 97.2 cm³/mol. The highest BCUT2D eigenvalue weighted by molar-refractivity contribution is 5.45. The van der Waals surface area contributed by atoms with E-state index in [0.717, 1.165) is 37.9 Å². The van der Waals surface area contributed by atoms with Crippen molar-refractivity contribution in [3.63, 3.8) is 0 Å². The highest BCUT2D eigenvalue weighted by Crippen LogP contribution is 2.39. The zero-order chi connectivity index (χ0) is 18.1. The van der Waals surface area contributed by atoms with Crippen LogP contribution >= 0.6 is 0 Å². The average Bonchev–Trinajstić information content (AvgIpc) is 3.01. The van der Waals surface area contributed by atoms with Crippen molar-refractivity contribution in [3.8, 4) is 11.8 Å². The van der Waals surface area contributed by atoms with E-state index in [2.05, 4.69) is 17.0 Å². The third-order valence-electron chi connectivity index (χ3n) is 5.44. The topological polar surface area (TPSA) is 62.3 Å². The highest BCUT2D eigenvalue weighted by Gasteiger charge is 2.39. The first-order valence-corrected chi connectivity index (χ1v) is 9.10. The zero-order valence-electron chi connectivity index (χ0n) is 14.6. The van der Waals surface area contributed by atoms with Crippen LogP contribution in [0.1, 0.15) is 35.6 Å². The summed E-state index contributed by atoms with van der Waals surface area (Å²) in [6.07, 6.45) is 2.77. The third-order valence-corrected chi connectivity index (χ3v) is 5.44. The number of piperidine rings is 1. The lowest BCUT2D eigenvalue weighted by Crippen LogP contribution is -2.49. The molecule has 0 bridgehead atoms. The van der Waals surface area contributed by atoms with Crippen LogP contribution in [0.3, 0.4) is 0 Å². The molecule has 5 heteroatoms. The first-order chi connectivity index (χ1) is 12.7. The van der Waals surface area contributed by atoms with Gasteiger partial charge in [-0.15, -0.1) is 0 Å². The second-order valence-electron chi connectivity index (χ2n) is 7.13. The fourth-order valence-electron chi connectivity index (χ4n) is 4.19. The van der Waals surface area contributed by atoms with Gasteiger partial charge in [0.05, 0.1) is 6.04 Å². The summed E-state index contributed by atoms with van der Waals surface area (Å²) in [5.41, 5.74) is 8.51. The van der Waals surface area contributed by atoms with Crippen molar-refractivity contribution in [1.82, 2.24) is 4.90 Å². The lowest BCUT2D eigenvalue weighted by Gasteiger charge is -2.38. The number of rotatable bonds is 3. The number of ether oxygens (including phenoxy) is 1. The average molecular weight is 351 g/mol. The molecule has 1 aliphatic carbocycles. The second-order valence-corrected chi connectivity index (χ2v) is 7.13. The minimum Gasteiger partial charge on any atom is -0.483 e.